The molecule has 9 heteroatoms. The topological polar surface area (TPSA) is 125 Å². The van der Waals surface area contributed by atoms with E-state index in [1.807, 2.05) is 64.1 Å². The van der Waals surface area contributed by atoms with Gasteiger partial charge in [-0.05, 0) is 79.4 Å². The van der Waals surface area contributed by atoms with Crippen molar-refractivity contribution in [3.8, 4) is 28.5 Å². The van der Waals surface area contributed by atoms with Crippen molar-refractivity contribution in [3.63, 3.8) is 0 Å². The third-order valence-corrected chi connectivity index (χ3v) is 9.09. The summed E-state index contributed by atoms with van der Waals surface area (Å²) in [6.45, 7) is 9.94. The van der Waals surface area contributed by atoms with Crippen LogP contribution in [0.2, 0.25) is 0 Å². The Morgan fingerprint density at radius 2 is 1.06 bits per heavy atom. The van der Waals surface area contributed by atoms with Gasteiger partial charge in [0.2, 0.25) is 11.8 Å². The molecule has 0 radical (unpaired) electrons. The van der Waals surface area contributed by atoms with E-state index in [1.54, 1.807) is 7.11 Å². The van der Waals surface area contributed by atoms with Gasteiger partial charge >= 0.3 is 0 Å². The van der Waals surface area contributed by atoms with Gasteiger partial charge in [0.25, 0.3) is 0 Å². The second-order valence-electron chi connectivity index (χ2n) is 13.8. The molecule has 2 amide bonds. The van der Waals surface area contributed by atoms with E-state index < -0.39 is 0 Å². The van der Waals surface area contributed by atoms with Crippen LogP contribution in [0, 0.1) is 17.8 Å². The number of aryl methyl sites for hydroxylation is 1. The van der Waals surface area contributed by atoms with Crippen molar-refractivity contribution in [1.29, 1.82) is 0 Å². The van der Waals surface area contributed by atoms with Gasteiger partial charge in [0.1, 0.15) is 17.4 Å². The van der Waals surface area contributed by atoms with Crippen molar-refractivity contribution in [2.75, 3.05) is 17.7 Å². The van der Waals surface area contributed by atoms with Crippen molar-refractivity contribution in [2.45, 2.75) is 47.5 Å². The first-order valence-corrected chi connectivity index (χ1v) is 15.8. The van der Waals surface area contributed by atoms with Crippen LogP contribution < -0.4 is 15.4 Å². The predicted octanol–water partition coefficient (Wildman–Crippen LogP) is 7.82. The van der Waals surface area contributed by atoms with E-state index in [2.05, 4.69) is 73.9 Å². The summed E-state index contributed by atoms with van der Waals surface area (Å²) in [5.41, 5.74) is 10.3. The molecule has 2 aliphatic rings. The minimum Gasteiger partial charge on any atom is -0.497 e. The number of hydrogen-bond donors (Lipinski definition) is 4. The molecular weight excluding hydrogens is 588 g/mol. The molecule has 0 bridgehead atoms. The van der Waals surface area contributed by atoms with Crippen LogP contribution in [-0.4, -0.2) is 38.9 Å². The number of benzene rings is 4. The summed E-state index contributed by atoms with van der Waals surface area (Å²) in [6.07, 6.45) is 1.46. The van der Waals surface area contributed by atoms with Gasteiger partial charge in [0, 0.05) is 33.3 Å². The summed E-state index contributed by atoms with van der Waals surface area (Å²) in [6, 6.07) is 24.2. The van der Waals surface area contributed by atoms with E-state index in [4.69, 9.17) is 4.74 Å². The predicted molar refractivity (Wildman–Crippen MR) is 187 cm³/mol. The number of anilines is 2. The van der Waals surface area contributed by atoms with Gasteiger partial charge in [0.05, 0.1) is 29.2 Å². The fourth-order valence-corrected chi connectivity index (χ4v) is 6.16. The first-order chi connectivity index (χ1) is 22.4. The molecule has 4 N–H and O–H groups in total. The van der Waals surface area contributed by atoms with Crippen molar-refractivity contribution in [2.24, 2.45) is 10.8 Å². The van der Waals surface area contributed by atoms with Crippen molar-refractivity contribution in [3.05, 3.63) is 89.5 Å². The standard InChI is InChI=1S/C19H19N3O2.C19H19N3O/c1-19(2)10-12-8-15-16(9-14(12)22-18(19)23)21-17(20-15)11-4-6-13(24-3)7-5-11;1-11-4-6-12(7-5-11)17-20-15-8-13-10-19(2,3)18(23)22-14(13)9-16(15)21-17/h4-9H,10H2,1-3H3,(H,20,21)(H,22,23);4-9H,10H2,1-3H3,(H,20,21)(H,22,23). The van der Waals surface area contributed by atoms with Crippen molar-refractivity contribution >= 4 is 45.3 Å². The molecule has 2 aromatic heterocycles. The number of aromatic nitrogens is 4. The number of methoxy groups -OCH3 is 1. The van der Waals surface area contributed by atoms with E-state index in [9.17, 15) is 9.59 Å². The summed E-state index contributed by atoms with van der Waals surface area (Å²) in [4.78, 5) is 40.4. The molecule has 0 spiro atoms. The molecule has 0 saturated heterocycles. The van der Waals surface area contributed by atoms with Crippen LogP contribution >= 0.6 is 0 Å². The van der Waals surface area contributed by atoms with E-state index in [0.29, 0.717) is 0 Å². The highest BCUT2D eigenvalue weighted by Crippen LogP contribution is 2.37. The molecule has 8 rings (SSSR count). The maximum absolute atomic E-state index is 12.2. The minimum absolute atomic E-state index is 0.0558. The van der Waals surface area contributed by atoms with Gasteiger partial charge < -0.3 is 25.3 Å². The normalized spacial score (nSPS) is 16.0. The minimum atomic E-state index is -0.389. The number of ether oxygens (including phenoxy) is 1. The third kappa shape index (κ3) is 5.73. The fraction of sp³-hybridized carbons (Fsp3) is 0.263. The molecule has 0 unspecified atom stereocenters. The van der Waals surface area contributed by atoms with Crippen molar-refractivity contribution < 1.29 is 14.3 Å². The van der Waals surface area contributed by atoms with Crippen molar-refractivity contribution in [1.82, 2.24) is 19.9 Å². The van der Waals surface area contributed by atoms with Crippen LogP contribution in [-0.2, 0) is 22.4 Å². The summed E-state index contributed by atoms with van der Waals surface area (Å²) in [5.74, 6) is 2.60. The lowest BCUT2D eigenvalue weighted by molar-refractivity contribution is -0.125. The summed E-state index contributed by atoms with van der Waals surface area (Å²) in [5, 5.41) is 6.00. The Morgan fingerprint density at radius 3 is 1.49 bits per heavy atom. The number of carbonyl (C=O) groups excluding carboxylic acids is 2. The van der Waals surface area contributed by atoms with Gasteiger partial charge in [-0.3, -0.25) is 9.59 Å². The Morgan fingerprint density at radius 1 is 0.638 bits per heavy atom. The summed E-state index contributed by atoms with van der Waals surface area (Å²) >= 11 is 0. The van der Waals surface area contributed by atoms with Crippen LogP contribution in [0.1, 0.15) is 44.4 Å². The molecule has 0 saturated carbocycles. The first kappa shape index (κ1) is 30.2. The highest BCUT2D eigenvalue weighted by atomic mass is 16.5. The third-order valence-electron chi connectivity index (χ3n) is 9.09. The summed E-state index contributed by atoms with van der Waals surface area (Å²) < 4.78 is 5.19. The average Bonchev–Trinajstić information content (AvgIpc) is 3.64. The second-order valence-corrected chi connectivity index (χ2v) is 13.8. The number of carbonyl (C=O) groups is 2. The number of nitrogens with zero attached hydrogens (tertiary/aromatic N) is 2. The van der Waals surface area contributed by atoms with Crippen LogP contribution in [0.4, 0.5) is 11.4 Å². The number of hydrogen-bond acceptors (Lipinski definition) is 5. The monoisotopic (exact) mass is 626 g/mol. The van der Waals surface area contributed by atoms with E-state index in [0.717, 1.165) is 85.9 Å². The largest absolute Gasteiger partial charge is 0.497 e. The van der Waals surface area contributed by atoms with Gasteiger partial charge in [-0.2, -0.15) is 0 Å². The maximum Gasteiger partial charge on any atom is 0.230 e. The highest BCUT2D eigenvalue weighted by molar-refractivity contribution is 6.01. The number of aromatic amines is 2. The van der Waals surface area contributed by atoms with Crippen LogP contribution in [0.3, 0.4) is 0 Å². The Labute approximate surface area is 273 Å². The number of rotatable bonds is 3. The zero-order chi connectivity index (χ0) is 33.1. The van der Waals surface area contributed by atoms with Gasteiger partial charge in [-0.25, -0.2) is 9.97 Å². The molecule has 0 fully saturated rings. The molecule has 9 nitrogen and oxygen atoms in total. The number of nitrogens with one attached hydrogen (secondary N) is 4. The van der Waals surface area contributed by atoms with Crippen LogP contribution in [0.5, 0.6) is 5.75 Å². The Hall–Kier alpha value is -5.44. The quantitative estimate of drug-likeness (QED) is 0.159. The smallest absolute Gasteiger partial charge is 0.230 e. The summed E-state index contributed by atoms with van der Waals surface area (Å²) in [7, 11) is 1.65. The molecule has 238 valence electrons. The molecule has 0 aliphatic carbocycles. The van der Waals surface area contributed by atoms with E-state index in [1.165, 1.54) is 5.56 Å². The fourth-order valence-electron chi connectivity index (χ4n) is 6.16. The van der Waals surface area contributed by atoms with Crippen LogP contribution in [0.25, 0.3) is 44.8 Å². The maximum atomic E-state index is 12.2. The number of H-pyrrole nitrogens is 2. The first-order valence-electron chi connectivity index (χ1n) is 15.8. The Kier molecular flexibility index (Phi) is 7.15. The second kappa shape index (κ2) is 11.1. The Bertz CT molecular complexity index is 2170. The van der Waals surface area contributed by atoms with E-state index >= 15 is 0 Å². The van der Waals surface area contributed by atoms with E-state index in [-0.39, 0.29) is 22.6 Å². The SMILES string of the molecule is COc1ccc(-c2nc3cc4c(cc3[nH]2)CC(C)(C)C(=O)N4)cc1.Cc1ccc(-c2nc3cc4c(cc3[nH]2)CC(C)(C)C(=O)N4)cc1. The van der Waals surface area contributed by atoms with Gasteiger partial charge in [0.15, 0.2) is 0 Å². The number of imidazole rings is 2. The number of amides is 2. The molecule has 6 aromatic rings. The number of fused-ring (bicyclic) bond motifs is 4. The molecule has 4 aromatic carbocycles. The molecule has 47 heavy (non-hydrogen) atoms. The van der Waals surface area contributed by atoms with Gasteiger partial charge in [-0.15, -0.1) is 0 Å². The average molecular weight is 627 g/mol. The zero-order valence-electron chi connectivity index (χ0n) is 27.5. The lowest BCUT2D eigenvalue weighted by Crippen LogP contribution is -2.36. The lowest BCUT2D eigenvalue weighted by atomic mass is 9.81. The molecule has 4 heterocycles. The molecule has 0 atom stereocenters. The van der Waals surface area contributed by atoms with Crippen LogP contribution in [0.15, 0.2) is 72.8 Å². The molecular formula is C38H38N6O3. The molecule has 2 aliphatic heterocycles. The zero-order valence-corrected chi connectivity index (χ0v) is 27.5. The highest BCUT2D eigenvalue weighted by Gasteiger charge is 2.35. The van der Waals surface area contributed by atoms with Gasteiger partial charge in [-0.1, -0.05) is 57.5 Å². The lowest BCUT2D eigenvalue weighted by Gasteiger charge is -2.30. The Balaban J connectivity index is 0.000000150.